The van der Waals surface area contributed by atoms with Gasteiger partial charge in [0.2, 0.25) is 0 Å². The fraction of sp³-hybridized carbons (Fsp3) is 1.00. The first-order valence-corrected chi connectivity index (χ1v) is 6.13. The molecule has 1 N–H and O–H groups in total. The Labute approximate surface area is 98.9 Å². The first-order valence-electron chi connectivity index (χ1n) is 6.13. The smallest absolute Gasteiger partial charge is 0.307 e. The highest BCUT2D eigenvalue weighted by atomic mass is 16.8. The summed E-state index contributed by atoms with van der Waals surface area (Å²) in [7, 11) is 1.42. The third kappa shape index (κ3) is 5.80. The van der Waals surface area contributed by atoms with Gasteiger partial charge in [-0.25, -0.2) is 0 Å². The van der Waals surface area contributed by atoms with Crippen molar-refractivity contribution in [2.45, 2.75) is 58.5 Å². The Morgan fingerprint density at radius 2 is 1.69 bits per heavy atom. The lowest BCUT2D eigenvalue weighted by Crippen LogP contribution is -2.47. The summed E-state index contributed by atoms with van der Waals surface area (Å²) >= 11 is 0. The van der Waals surface area contributed by atoms with Gasteiger partial charge in [-0.15, -0.1) is 0 Å². The SMILES string of the molecule is CCCCOC(C)C(O)(OC)OCCCC. The largest absolute Gasteiger partial charge is 0.370 e. The molecule has 0 aromatic heterocycles. The van der Waals surface area contributed by atoms with E-state index in [2.05, 4.69) is 13.8 Å². The summed E-state index contributed by atoms with van der Waals surface area (Å²) in [6.45, 7) is 7.00. The van der Waals surface area contributed by atoms with Crippen molar-refractivity contribution < 1.29 is 19.3 Å². The van der Waals surface area contributed by atoms with E-state index in [1.165, 1.54) is 7.11 Å². The minimum absolute atomic E-state index is 0.475. The number of hydrogen-bond donors (Lipinski definition) is 1. The van der Waals surface area contributed by atoms with Crippen LogP contribution in [-0.2, 0) is 14.2 Å². The first-order chi connectivity index (χ1) is 7.60. The zero-order valence-corrected chi connectivity index (χ0v) is 11.0. The molecule has 0 rings (SSSR count). The molecule has 0 aliphatic rings. The molecule has 0 fully saturated rings. The Kier molecular flexibility index (Phi) is 8.84. The van der Waals surface area contributed by atoms with Gasteiger partial charge in [0.1, 0.15) is 6.10 Å². The maximum atomic E-state index is 10.0. The van der Waals surface area contributed by atoms with E-state index in [-0.39, 0.29) is 0 Å². The molecule has 0 saturated carbocycles. The van der Waals surface area contributed by atoms with Gasteiger partial charge in [0.05, 0.1) is 6.61 Å². The average molecular weight is 234 g/mol. The number of methoxy groups -OCH3 is 1. The van der Waals surface area contributed by atoms with Gasteiger partial charge in [-0.05, 0) is 19.8 Å². The Hall–Kier alpha value is -0.160. The molecular weight excluding hydrogens is 208 g/mol. The molecule has 0 aromatic rings. The van der Waals surface area contributed by atoms with Crippen molar-refractivity contribution in [2.24, 2.45) is 0 Å². The van der Waals surface area contributed by atoms with Crippen LogP contribution in [-0.4, -0.2) is 37.5 Å². The molecule has 0 bridgehead atoms. The van der Waals surface area contributed by atoms with Crippen molar-refractivity contribution in [2.75, 3.05) is 20.3 Å². The fourth-order valence-electron chi connectivity index (χ4n) is 1.21. The lowest BCUT2D eigenvalue weighted by atomic mass is 10.3. The van der Waals surface area contributed by atoms with E-state index in [4.69, 9.17) is 14.2 Å². The summed E-state index contributed by atoms with van der Waals surface area (Å²) in [5.74, 6) is -1.62. The van der Waals surface area contributed by atoms with Crippen LogP contribution in [0, 0.1) is 0 Å². The third-order valence-electron chi connectivity index (χ3n) is 2.48. The van der Waals surface area contributed by atoms with Crippen molar-refractivity contribution in [3.8, 4) is 0 Å². The Bertz CT molecular complexity index is 163. The second-order valence-electron chi connectivity index (χ2n) is 3.90. The lowest BCUT2D eigenvalue weighted by Gasteiger charge is -2.31. The molecule has 0 aromatic carbocycles. The molecule has 4 nitrogen and oxygen atoms in total. The number of rotatable bonds is 10. The maximum Gasteiger partial charge on any atom is 0.307 e. The first kappa shape index (κ1) is 15.8. The summed E-state index contributed by atoms with van der Waals surface area (Å²) in [5.41, 5.74) is 0. The number of unbranched alkanes of at least 4 members (excludes halogenated alkanes) is 2. The van der Waals surface area contributed by atoms with E-state index in [0.29, 0.717) is 13.2 Å². The molecule has 0 heterocycles. The quantitative estimate of drug-likeness (QED) is 0.465. The average Bonchev–Trinajstić information content (AvgIpc) is 2.29. The molecule has 98 valence electrons. The minimum atomic E-state index is -1.62. The van der Waals surface area contributed by atoms with Gasteiger partial charge < -0.3 is 19.3 Å². The highest BCUT2D eigenvalue weighted by molar-refractivity contribution is 4.64. The van der Waals surface area contributed by atoms with E-state index < -0.39 is 12.1 Å². The van der Waals surface area contributed by atoms with E-state index >= 15 is 0 Å². The van der Waals surface area contributed by atoms with Gasteiger partial charge in [-0.1, -0.05) is 26.7 Å². The summed E-state index contributed by atoms with van der Waals surface area (Å²) < 4.78 is 15.8. The third-order valence-corrected chi connectivity index (χ3v) is 2.48. The summed E-state index contributed by atoms with van der Waals surface area (Å²) in [6.07, 6.45) is 3.47. The van der Waals surface area contributed by atoms with Crippen molar-refractivity contribution >= 4 is 0 Å². The lowest BCUT2D eigenvalue weighted by molar-refractivity contribution is -0.389. The Morgan fingerprint density at radius 3 is 2.19 bits per heavy atom. The van der Waals surface area contributed by atoms with Crippen LogP contribution >= 0.6 is 0 Å². The van der Waals surface area contributed by atoms with Crippen molar-refractivity contribution in [1.29, 1.82) is 0 Å². The van der Waals surface area contributed by atoms with Gasteiger partial charge >= 0.3 is 5.97 Å². The van der Waals surface area contributed by atoms with Crippen LogP contribution in [0.2, 0.25) is 0 Å². The fourth-order valence-corrected chi connectivity index (χ4v) is 1.21. The van der Waals surface area contributed by atoms with Gasteiger partial charge in [-0.3, -0.25) is 0 Å². The Balaban J connectivity index is 3.99. The second kappa shape index (κ2) is 8.93. The zero-order valence-electron chi connectivity index (χ0n) is 11.0. The van der Waals surface area contributed by atoms with E-state index in [9.17, 15) is 5.11 Å². The highest BCUT2D eigenvalue weighted by Gasteiger charge is 2.36. The van der Waals surface area contributed by atoms with Crippen LogP contribution in [0.1, 0.15) is 46.5 Å². The molecule has 0 radical (unpaired) electrons. The van der Waals surface area contributed by atoms with Crippen LogP contribution in [0.4, 0.5) is 0 Å². The summed E-state index contributed by atoms with van der Waals surface area (Å²) in [4.78, 5) is 0. The second-order valence-corrected chi connectivity index (χ2v) is 3.90. The van der Waals surface area contributed by atoms with Crippen molar-refractivity contribution in [3.05, 3.63) is 0 Å². The number of ether oxygens (including phenoxy) is 3. The van der Waals surface area contributed by atoms with Gasteiger partial charge in [-0.2, -0.15) is 0 Å². The Morgan fingerprint density at radius 1 is 1.12 bits per heavy atom. The molecule has 0 saturated heterocycles. The predicted molar refractivity (Wildman–Crippen MR) is 63.1 cm³/mol. The molecule has 2 unspecified atom stereocenters. The normalized spacial score (nSPS) is 17.1. The molecule has 0 spiro atoms. The molecule has 4 heteroatoms. The molecule has 2 atom stereocenters. The zero-order chi connectivity index (χ0) is 12.4. The van der Waals surface area contributed by atoms with Gasteiger partial charge in [0.25, 0.3) is 0 Å². The minimum Gasteiger partial charge on any atom is -0.370 e. The van der Waals surface area contributed by atoms with E-state index in [1.807, 2.05) is 0 Å². The number of aliphatic hydroxyl groups is 1. The number of hydrogen-bond acceptors (Lipinski definition) is 4. The molecule has 0 aliphatic heterocycles. The van der Waals surface area contributed by atoms with Crippen LogP contribution < -0.4 is 0 Å². The van der Waals surface area contributed by atoms with Gasteiger partial charge in [0.15, 0.2) is 0 Å². The topological polar surface area (TPSA) is 47.9 Å². The molecule has 16 heavy (non-hydrogen) atoms. The highest BCUT2D eigenvalue weighted by Crippen LogP contribution is 2.17. The maximum absolute atomic E-state index is 10.0. The predicted octanol–water partition coefficient (Wildman–Crippen LogP) is 2.30. The molecule has 0 amide bonds. The van der Waals surface area contributed by atoms with Crippen molar-refractivity contribution in [1.82, 2.24) is 0 Å². The molecule has 0 aliphatic carbocycles. The van der Waals surface area contributed by atoms with Crippen LogP contribution in [0.25, 0.3) is 0 Å². The van der Waals surface area contributed by atoms with E-state index in [1.54, 1.807) is 6.92 Å². The standard InChI is InChI=1S/C12H26O4/c1-5-7-9-15-11(3)12(13,14-4)16-10-8-6-2/h11,13H,5-10H2,1-4H3. The monoisotopic (exact) mass is 234 g/mol. The molecular formula is C12H26O4. The summed E-state index contributed by atoms with van der Waals surface area (Å²) in [5, 5.41) is 10.0. The van der Waals surface area contributed by atoms with E-state index in [0.717, 1.165) is 25.7 Å². The summed E-state index contributed by atoms with van der Waals surface area (Å²) in [6, 6.07) is 0. The van der Waals surface area contributed by atoms with Crippen LogP contribution in [0.3, 0.4) is 0 Å². The van der Waals surface area contributed by atoms with Crippen LogP contribution in [0.5, 0.6) is 0 Å². The van der Waals surface area contributed by atoms with Crippen molar-refractivity contribution in [3.63, 3.8) is 0 Å². The van der Waals surface area contributed by atoms with Gasteiger partial charge in [0, 0.05) is 13.7 Å². The van der Waals surface area contributed by atoms with Crippen LogP contribution in [0.15, 0.2) is 0 Å².